The van der Waals surface area contributed by atoms with Crippen LogP contribution in [0.5, 0.6) is 0 Å². The van der Waals surface area contributed by atoms with Gasteiger partial charge in [0, 0.05) is 12.5 Å². The van der Waals surface area contributed by atoms with Crippen molar-refractivity contribution in [1.29, 1.82) is 0 Å². The molecule has 0 bridgehead atoms. The predicted octanol–water partition coefficient (Wildman–Crippen LogP) is 4.13. The number of benzene rings is 2. The largest absolute Gasteiger partial charge is 0.388 e. The highest BCUT2D eigenvalue weighted by molar-refractivity contribution is 5.27. The van der Waals surface area contributed by atoms with Gasteiger partial charge in [-0.15, -0.1) is 0 Å². The number of hydrogen-bond acceptors (Lipinski definition) is 2. The molecule has 0 saturated carbocycles. The number of hydrogen-bond donors (Lipinski definition) is 1. The first-order valence-electron chi connectivity index (χ1n) is 8.45. The van der Waals surface area contributed by atoms with Crippen LogP contribution in [0.3, 0.4) is 0 Å². The number of halogens is 1. The topological polar surface area (TPSA) is 23.5 Å². The molecule has 1 aliphatic heterocycles. The molecule has 3 heteroatoms. The van der Waals surface area contributed by atoms with Gasteiger partial charge in [0.1, 0.15) is 5.82 Å². The van der Waals surface area contributed by atoms with Gasteiger partial charge in [-0.3, -0.25) is 0 Å². The highest BCUT2D eigenvalue weighted by Gasteiger charge is 2.25. The Kier molecular flexibility index (Phi) is 5.42. The first-order chi connectivity index (χ1) is 11.2. The Morgan fingerprint density at radius 2 is 1.52 bits per heavy atom. The molecule has 0 spiro atoms. The summed E-state index contributed by atoms with van der Waals surface area (Å²) in [5, 5.41) is 10.9. The Morgan fingerprint density at radius 1 is 0.870 bits per heavy atom. The highest BCUT2D eigenvalue weighted by atomic mass is 19.1. The number of likely N-dealkylation sites (tertiary alicyclic amines) is 1. The monoisotopic (exact) mass is 313 g/mol. The molecule has 1 fully saturated rings. The van der Waals surface area contributed by atoms with Gasteiger partial charge in [-0.1, -0.05) is 48.9 Å². The lowest BCUT2D eigenvalue weighted by Crippen LogP contribution is -2.35. The standard InChI is InChI=1S/C20H24FNO/c21-18-11-9-17(10-12-18)20(23)19(16-7-3-1-4-8-16)15-22-13-5-2-6-14-22/h1,3-4,7-12,19-20,23H,2,5-6,13-15H2/t19-,20-/m0/s1. The van der Waals surface area contributed by atoms with Gasteiger partial charge in [-0.05, 0) is 49.2 Å². The van der Waals surface area contributed by atoms with Crippen molar-refractivity contribution in [2.45, 2.75) is 31.3 Å². The summed E-state index contributed by atoms with van der Waals surface area (Å²) in [5.41, 5.74) is 1.91. The van der Waals surface area contributed by atoms with Crippen LogP contribution < -0.4 is 0 Å². The Balaban J connectivity index is 1.83. The smallest absolute Gasteiger partial charge is 0.123 e. The maximum Gasteiger partial charge on any atom is 0.123 e. The van der Waals surface area contributed by atoms with Crippen molar-refractivity contribution in [1.82, 2.24) is 4.90 Å². The molecule has 3 rings (SSSR count). The van der Waals surface area contributed by atoms with Crippen molar-refractivity contribution in [3.8, 4) is 0 Å². The summed E-state index contributed by atoms with van der Waals surface area (Å²) in [6.45, 7) is 3.03. The molecule has 0 amide bonds. The Morgan fingerprint density at radius 3 is 2.17 bits per heavy atom. The minimum absolute atomic E-state index is 0.000221. The fourth-order valence-corrected chi connectivity index (χ4v) is 3.40. The molecule has 23 heavy (non-hydrogen) atoms. The minimum atomic E-state index is -0.625. The normalized spacial score (nSPS) is 18.5. The van der Waals surface area contributed by atoms with Gasteiger partial charge in [0.2, 0.25) is 0 Å². The average Bonchev–Trinajstić information content (AvgIpc) is 2.61. The highest BCUT2D eigenvalue weighted by Crippen LogP contribution is 2.32. The lowest BCUT2D eigenvalue weighted by molar-refractivity contribution is 0.109. The van der Waals surface area contributed by atoms with E-state index in [9.17, 15) is 9.50 Å². The molecule has 0 aromatic heterocycles. The van der Waals surface area contributed by atoms with Crippen molar-refractivity contribution in [2.75, 3.05) is 19.6 Å². The number of aliphatic hydroxyl groups excluding tert-OH is 1. The SMILES string of the molecule is O[C@@H](c1ccc(F)cc1)[C@@H](CN1CCCCC1)c1ccccc1. The molecule has 1 heterocycles. The number of rotatable bonds is 5. The Hall–Kier alpha value is -1.71. The van der Waals surface area contributed by atoms with Crippen LogP contribution in [0.1, 0.15) is 42.4 Å². The van der Waals surface area contributed by atoms with E-state index in [0.717, 1.165) is 30.8 Å². The van der Waals surface area contributed by atoms with E-state index in [1.54, 1.807) is 12.1 Å². The van der Waals surface area contributed by atoms with Gasteiger partial charge in [-0.2, -0.15) is 0 Å². The summed E-state index contributed by atoms with van der Waals surface area (Å²) in [4.78, 5) is 2.44. The van der Waals surface area contributed by atoms with E-state index in [0.29, 0.717) is 0 Å². The third kappa shape index (κ3) is 4.18. The molecule has 0 radical (unpaired) electrons. The van der Waals surface area contributed by atoms with Crippen LogP contribution >= 0.6 is 0 Å². The van der Waals surface area contributed by atoms with E-state index in [-0.39, 0.29) is 11.7 Å². The van der Waals surface area contributed by atoms with Crippen molar-refractivity contribution < 1.29 is 9.50 Å². The molecule has 1 N–H and O–H groups in total. The number of nitrogens with zero attached hydrogens (tertiary/aromatic N) is 1. The zero-order chi connectivity index (χ0) is 16.1. The summed E-state index contributed by atoms with van der Waals surface area (Å²) in [6.07, 6.45) is 3.13. The van der Waals surface area contributed by atoms with Crippen LogP contribution in [-0.2, 0) is 0 Å². The van der Waals surface area contributed by atoms with E-state index in [4.69, 9.17) is 0 Å². The summed E-state index contributed by atoms with van der Waals surface area (Å²) in [7, 11) is 0. The number of aliphatic hydroxyl groups is 1. The molecule has 2 nitrogen and oxygen atoms in total. The predicted molar refractivity (Wildman–Crippen MR) is 90.8 cm³/mol. The van der Waals surface area contributed by atoms with Crippen LogP contribution in [-0.4, -0.2) is 29.6 Å². The van der Waals surface area contributed by atoms with Crippen molar-refractivity contribution in [3.63, 3.8) is 0 Å². The molecule has 1 saturated heterocycles. The fourth-order valence-electron chi connectivity index (χ4n) is 3.40. The van der Waals surface area contributed by atoms with E-state index < -0.39 is 6.10 Å². The second-order valence-corrected chi connectivity index (χ2v) is 6.37. The summed E-state index contributed by atoms with van der Waals surface area (Å²) < 4.78 is 13.2. The van der Waals surface area contributed by atoms with E-state index >= 15 is 0 Å². The van der Waals surface area contributed by atoms with Gasteiger partial charge in [-0.25, -0.2) is 4.39 Å². The molecule has 2 aromatic rings. The van der Waals surface area contributed by atoms with Crippen molar-refractivity contribution in [2.24, 2.45) is 0 Å². The van der Waals surface area contributed by atoms with Gasteiger partial charge in [0.05, 0.1) is 6.10 Å². The van der Waals surface area contributed by atoms with E-state index in [2.05, 4.69) is 17.0 Å². The maximum atomic E-state index is 13.2. The zero-order valence-electron chi connectivity index (χ0n) is 13.4. The lowest BCUT2D eigenvalue weighted by atomic mass is 9.88. The molecular weight excluding hydrogens is 289 g/mol. The van der Waals surface area contributed by atoms with E-state index in [1.165, 1.54) is 31.4 Å². The number of piperidine rings is 1. The minimum Gasteiger partial charge on any atom is -0.388 e. The van der Waals surface area contributed by atoms with Crippen LogP contribution in [0.25, 0.3) is 0 Å². The molecular formula is C20H24FNO. The van der Waals surface area contributed by atoms with Crippen molar-refractivity contribution >= 4 is 0 Å². The Bertz CT molecular complexity index is 593. The van der Waals surface area contributed by atoms with Gasteiger partial charge >= 0.3 is 0 Å². The first-order valence-corrected chi connectivity index (χ1v) is 8.45. The third-order valence-corrected chi connectivity index (χ3v) is 4.72. The van der Waals surface area contributed by atoms with Gasteiger partial charge < -0.3 is 10.0 Å². The summed E-state index contributed by atoms with van der Waals surface area (Å²) >= 11 is 0. The molecule has 1 aliphatic rings. The summed E-state index contributed by atoms with van der Waals surface area (Å²) in [5.74, 6) is -0.270. The maximum absolute atomic E-state index is 13.2. The first kappa shape index (κ1) is 16.2. The molecule has 0 unspecified atom stereocenters. The third-order valence-electron chi connectivity index (χ3n) is 4.72. The Labute approximate surface area is 137 Å². The van der Waals surface area contributed by atoms with Gasteiger partial charge in [0.25, 0.3) is 0 Å². The van der Waals surface area contributed by atoms with Crippen LogP contribution in [0.4, 0.5) is 4.39 Å². The van der Waals surface area contributed by atoms with Crippen molar-refractivity contribution in [3.05, 3.63) is 71.5 Å². The average molecular weight is 313 g/mol. The van der Waals surface area contributed by atoms with Gasteiger partial charge in [0.15, 0.2) is 0 Å². The fraction of sp³-hybridized carbons (Fsp3) is 0.400. The molecule has 2 aromatic carbocycles. The van der Waals surface area contributed by atoms with Crippen LogP contribution in [0.2, 0.25) is 0 Å². The molecule has 2 atom stereocenters. The van der Waals surface area contributed by atoms with Crippen LogP contribution in [0, 0.1) is 5.82 Å². The molecule has 0 aliphatic carbocycles. The zero-order valence-corrected chi connectivity index (χ0v) is 13.4. The van der Waals surface area contributed by atoms with Crippen LogP contribution in [0.15, 0.2) is 54.6 Å². The molecule has 122 valence electrons. The quantitative estimate of drug-likeness (QED) is 0.897. The summed E-state index contributed by atoms with van der Waals surface area (Å²) in [6, 6.07) is 16.4. The second-order valence-electron chi connectivity index (χ2n) is 6.37. The second kappa shape index (κ2) is 7.71. The van der Waals surface area contributed by atoms with E-state index in [1.807, 2.05) is 18.2 Å². The lowest BCUT2D eigenvalue weighted by Gasteiger charge is -2.33.